The zero-order valence-corrected chi connectivity index (χ0v) is 13.2. The monoisotopic (exact) mass is 344 g/mol. The van der Waals surface area contributed by atoms with Crippen molar-refractivity contribution in [2.75, 3.05) is 18.2 Å². The number of benzene rings is 2. The van der Waals surface area contributed by atoms with Crippen LogP contribution in [0.15, 0.2) is 30.3 Å². The maximum absolute atomic E-state index is 12.3. The number of nitrogens with one attached hydrogen (secondary N) is 1. The Morgan fingerprint density at radius 2 is 1.81 bits per heavy atom. The third-order valence-corrected chi connectivity index (χ3v) is 3.82. The molecule has 0 fully saturated rings. The minimum atomic E-state index is -0.424. The lowest BCUT2D eigenvalue weighted by Gasteiger charge is -2.12. The van der Waals surface area contributed by atoms with Gasteiger partial charge in [0, 0.05) is 0 Å². The normalized spacial score (nSPS) is 10.3. The molecule has 0 spiro atoms. The molecule has 0 unspecified atom stereocenters. The molecule has 21 heavy (non-hydrogen) atoms. The van der Waals surface area contributed by atoms with E-state index < -0.39 is 5.91 Å². The smallest absolute Gasteiger partial charge is 0.257 e. The molecule has 110 valence electrons. The van der Waals surface area contributed by atoms with Crippen LogP contribution >= 0.6 is 34.8 Å². The van der Waals surface area contributed by atoms with Crippen molar-refractivity contribution in [2.24, 2.45) is 0 Å². The molecule has 0 aliphatic heterocycles. The number of hydrogen-bond donors (Lipinski definition) is 2. The van der Waals surface area contributed by atoms with Crippen LogP contribution in [-0.2, 0) is 0 Å². The molecule has 0 bridgehead atoms. The highest BCUT2D eigenvalue weighted by atomic mass is 35.5. The Bertz CT molecular complexity index is 705. The van der Waals surface area contributed by atoms with Crippen LogP contribution in [0.5, 0.6) is 5.75 Å². The van der Waals surface area contributed by atoms with Gasteiger partial charge in [-0.25, -0.2) is 0 Å². The summed E-state index contributed by atoms with van der Waals surface area (Å²) in [7, 11) is 1.48. The van der Waals surface area contributed by atoms with Crippen molar-refractivity contribution < 1.29 is 9.53 Å². The SMILES string of the molecule is COc1cccc(C(=O)Nc2cc(Cl)c(Cl)cc2Cl)c1N. The van der Waals surface area contributed by atoms with E-state index in [1.807, 2.05) is 0 Å². The lowest BCUT2D eigenvalue weighted by molar-refractivity contribution is 0.102. The molecule has 4 nitrogen and oxygen atoms in total. The molecular weight excluding hydrogens is 335 g/mol. The van der Waals surface area contributed by atoms with Gasteiger partial charge in [0.15, 0.2) is 0 Å². The van der Waals surface area contributed by atoms with Crippen LogP contribution in [0.3, 0.4) is 0 Å². The van der Waals surface area contributed by atoms with Crippen molar-refractivity contribution >= 4 is 52.1 Å². The minimum Gasteiger partial charge on any atom is -0.495 e. The second-order valence-corrected chi connectivity index (χ2v) is 5.34. The van der Waals surface area contributed by atoms with Gasteiger partial charge in [-0.15, -0.1) is 0 Å². The largest absolute Gasteiger partial charge is 0.495 e. The summed E-state index contributed by atoms with van der Waals surface area (Å²) in [4.78, 5) is 12.3. The summed E-state index contributed by atoms with van der Waals surface area (Å²) >= 11 is 17.8. The lowest BCUT2D eigenvalue weighted by atomic mass is 10.1. The van der Waals surface area contributed by atoms with Gasteiger partial charge in [-0.3, -0.25) is 4.79 Å². The van der Waals surface area contributed by atoms with Crippen LogP contribution in [0.4, 0.5) is 11.4 Å². The number of hydrogen-bond acceptors (Lipinski definition) is 3. The summed E-state index contributed by atoms with van der Waals surface area (Å²) in [6.07, 6.45) is 0. The first-order valence-electron chi connectivity index (χ1n) is 5.82. The average Bonchev–Trinajstić information content (AvgIpc) is 2.44. The summed E-state index contributed by atoms with van der Waals surface area (Å²) in [6.45, 7) is 0. The van der Waals surface area contributed by atoms with Gasteiger partial charge < -0.3 is 15.8 Å². The Kier molecular flexibility index (Phi) is 4.83. The van der Waals surface area contributed by atoms with Gasteiger partial charge in [0.2, 0.25) is 0 Å². The Hall–Kier alpha value is -1.62. The van der Waals surface area contributed by atoms with Gasteiger partial charge in [-0.1, -0.05) is 40.9 Å². The van der Waals surface area contributed by atoms with E-state index in [1.54, 1.807) is 18.2 Å². The second-order valence-electron chi connectivity index (χ2n) is 4.12. The molecule has 2 aromatic rings. The van der Waals surface area contributed by atoms with E-state index in [2.05, 4.69) is 5.32 Å². The van der Waals surface area contributed by atoms with Gasteiger partial charge in [-0.05, 0) is 24.3 Å². The first-order chi connectivity index (χ1) is 9.93. The van der Waals surface area contributed by atoms with Crippen molar-refractivity contribution in [3.8, 4) is 5.75 Å². The number of ether oxygens (including phenoxy) is 1. The molecule has 0 saturated carbocycles. The van der Waals surface area contributed by atoms with Crippen molar-refractivity contribution in [3.05, 3.63) is 51.0 Å². The van der Waals surface area contributed by atoms with Crippen LogP contribution in [-0.4, -0.2) is 13.0 Å². The van der Waals surface area contributed by atoms with E-state index >= 15 is 0 Å². The molecule has 0 saturated heterocycles. The molecule has 0 aliphatic rings. The molecule has 0 atom stereocenters. The fourth-order valence-electron chi connectivity index (χ4n) is 1.73. The number of anilines is 2. The molecule has 0 radical (unpaired) electrons. The van der Waals surface area contributed by atoms with Crippen molar-refractivity contribution in [2.45, 2.75) is 0 Å². The standard InChI is InChI=1S/C14H11Cl3N2O2/c1-21-12-4-2-3-7(13(12)18)14(20)19-11-6-9(16)8(15)5-10(11)17/h2-6H,18H2,1H3,(H,19,20). The molecule has 0 aromatic heterocycles. The second kappa shape index (κ2) is 6.43. The van der Waals surface area contributed by atoms with Gasteiger partial charge >= 0.3 is 0 Å². The Balaban J connectivity index is 2.33. The number of carbonyl (C=O) groups is 1. The quantitative estimate of drug-likeness (QED) is 0.636. The molecule has 2 rings (SSSR count). The van der Waals surface area contributed by atoms with E-state index in [0.29, 0.717) is 16.5 Å². The van der Waals surface area contributed by atoms with Crippen molar-refractivity contribution in [3.63, 3.8) is 0 Å². The summed E-state index contributed by atoms with van der Waals surface area (Å²) in [6, 6.07) is 7.84. The molecule has 1 amide bonds. The molecule has 0 heterocycles. The minimum absolute atomic E-state index is 0.244. The molecule has 3 N–H and O–H groups in total. The summed E-state index contributed by atoms with van der Waals surface area (Å²) in [5.41, 5.74) is 6.74. The highest BCUT2D eigenvalue weighted by Crippen LogP contribution is 2.33. The number of amides is 1. The Labute approximate surface area is 136 Å². The van der Waals surface area contributed by atoms with E-state index in [1.165, 1.54) is 19.2 Å². The third kappa shape index (κ3) is 3.35. The van der Waals surface area contributed by atoms with Gasteiger partial charge in [-0.2, -0.15) is 0 Å². The number of nitrogens with two attached hydrogens (primary N) is 1. The topological polar surface area (TPSA) is 64.3 Å². The van der Waals surface area contributed by atoms with Crippen LogP contribution < -0.4 is 15.8 Å². The zero-order valence-electron chi connectivity index (χ0n) is 10.9. The summed E-state index contributed by atoms with van der Waals surface area (Å²) in [5, 5.41) is 3.51. The number of carbonyl (C=O) groups excluding carboxylic acids is 1. The maximum Gasteiger partial charge on any atom is 0.257 e. The number of para-hydroxylation sites is 1. The van der Waals surface area contributed by atoms with Gasteiger partial charge in [0.1, 0.15) is 5.75 Å². The highest BCUT2D eigenvalue weighted by molar-refractivity contribution is 6.44. The number of rotatable bonds is 3. The van der Waals surface area contributed by atoms with E-state index in [4.69, 9.17) is 45.3 Å². The van der Waals surface area contributed by atoms with Crippen LogP contribution in [0.2, 0.25) is 15.1 Å². The van der Waals surface area contributed by atoms with Crippen LogP contribution in [0.1, 0.15) is 10.4 Å². The first-order valence-corrected chi connectivity index (χ1v) is 6.95. The van der Waals surface area contributed by atoms with Gasteiger partial charge in [0.05, 0.1) is 39.1 Å². The summed E-state index contributed by atoms with van der Waals surface area (Å²) < 4.78 is 5.07. The first kappa shape index (κ1) is 15.8. The van der Waals surface area contributed by atoms with Crippen molar-refractivity contribution in [1.29, 1.82) is 0 Å². The fourth-order valence-corrected chi connectivity index (χ4v) is 2.32. The van der Waals surface area contributed by atoms with Gasteiger partial charge in [0.25, 0.3) is 5.91 Å². The average molecular weight is 346 g/mol. The van der Waals surface area contributed by atoms with E-state index in [0.717, 1.165) is 0 Å². The Morgan fingerprint density at radius 3 is 2.48 bits per heavy atom. The zero-order chi connectivity index (χ0) is 15.6. The fraction of sp³-hybridized carbons (Fsp3) is 0.0714. The van der Waals surface area contributed by atoms with E-state index in [-0.39, 0.29) is 21.3 Å². The predicted molar refractivity (Wildman–Crippen MR) is 86.8 cm³/mol. The third-order valence-electron chi connectivity index (χ3n) is 2.79. The number of nitrogen functional groups attached to an aromatic ring is 1. The number of halogens is 3. The summed E-state index contributed by atoms with van der Waals surface area (Å²) in [5.74, 6) is -0.00502. The molecule has 2 aromatic carbocycles. The lowest BCUT2D eigenvalue weighted by Crippen LogP contribution is -2.14. The number of methoxy groups -OCH3 is 1. The molecule has 7 heteroatoms. The predicted octanol–water partition coefficient (Wildman–Crippen LogP) is 4.49. The van der Waals surface area contributed by atoms with Crippen molar-refractivity contribution in [1.82, 2.24) is 0 Å². The molecular formula is C14H11Cl3N2O2. The van der Waals surface area contributed by atoms with Crippen LogP contribution in [0.25, 0.3) is 0 Å². The maximum atomic E-state index is 12.3. The molecule has 0 aliphatic carbocycles. The van der Waals surface area contributed by atoms with E-state index in [9.17, 15) is 4.79 Å². The van der Waals surface area contributed by atoms with Crippen LogP contribution in [0, 0.1) is 0 Å². The Morgan fingerprint density at radius 1 is 1.14 bits per heavy atom. The highest BCUT2D eigenvalue weighted by Gasteiger charge is 2.15.